The highest BCUT2D eigenvalue weighted by Crippen LogP contribution is 2.20. The van der Waals surface area contributed by atoms with Crippen LogP contribution in [0.25, 0.3) is 11.0 Å². The number of aromatic nitrogens is 2. The lowest BCUT2D eigenvalue weighted by Gasteiger charge is -2.18. The zero-order valence-corrected chi connectivity index (χ0v) is 14.8. The molecule has 0 aliphatic heterocycles. The van der Waals surface area contributed by atoms with E-state index in [0.29, 0.717) is 12.4 Å². The molecule has 2 aromatic heterocycles. The highest BCUT2D eigenvalue weighted by molar-refractivity contribution is 5.90. The molecule has 1 saturated carbocycles. The normalized spacial score (nSPS) is 14.6. The smallest absolute Gasteiger partial charge is 0.320 e. The Labute approximate surface area is 147 Å². The number of carbonyl (C=O) groups excluding carboxylic acids is 1. The number of amides is 2. The number of ether oxygens (including phenoxy) is 1. The second-order valence-electron chi connectivity index (χ2n) is 6.42. The van der Waals surface area contributed by atoms with E-state index in [4.69, 9.17) is 4.74 Å². The van der Waals surface area contributed by atoms with Crippen LogP contribution in [0.2, 0.25) is 0 Å². The summed E-state index contributed by atoms with van der Waals surface area (Å²) in [6.07, 6.45) is 6.30. The Morgan fingerprint density at radius 2 is 2.12 bits per heavy atom. The Balaban J connectivity index is 1.70. The highest BCUT2D eigenvalue weighted by atomic mass is 16.5. The van der Waals surface area contributed by atoms with Gasteiger partial charge in [-0.1, -0.05) is 12.8 Å². The molecule has 7 nitrogen and oxygen atoms in total. The number of nitrogens with one attached hydrogen (secondary N) is 2. The first-order valence-corrected chi connectivity index (χ1v) is 8.70. The van der Waals surface area contributed by atoms with Crippen molar-refractivity contribution in [2.24, 2.45) is 0 Å². The molecule has 0 bridgehead atoms. The third kappa shape index (κ3) is 4.57. The van der Waals surface area contributed by atoms with E-state index in [2.05, 4.69) is 25.5 Å². The molecule has 3 rings (SSSR count). The summed E-state index contributed by atoms with van der Waals surface area (Å²) in [6.45, 7) is 1.41. The summed E-state index contributed by atoms with van der Waals surface area (Å²) in [5.74, 6) is 0.529. The van der Waals surface area contributed by atoms with Crippen LogP contribution in [-0.4, -0.2) is 49.4 Å². The van der Waals surface area contributed by atoms with Crippen molar-refractivity contribution in [2.75, 3.05) is 37.5 Å². The number of nitrogens with zero attached hydrogens (tertiary/aromatic N) is 3. The predicted molar refractivity (Wildman–Crippen MR) is 99.1 cm³/mol. The van der Waals surface area contributed by atoms with Crippen LogP contribution in [0.4, 0.5) is 16.3 Å². The Hall–Kier alpha value is -2.41. The van der Waals surface area contributed by atoms with Gasteiger partial charge in [0.15, 0.2) is 0 Å². The molecule has 1 aliphatic rings. The summed E-state index contributed by atoms with van der Waals surface area (Å²) < 4.78 is 5.11. The third-order valence-corrected chi connectivity index (χ3v) is 4.53. The molecule has 2 amide bonds. The fraction of sp³-hybridized carbons (Fsp3) is 0.500. The Bertz CT molecular complexity index is 730. The van der Waals surface area contributed by atoms with Gasteiger partial charge in [0, 0.05) is 26.7 Å². The van der Waals surface area contributed by atoms with E-state index < -0.39 is 0 Å². The van der Waals surface area contributed by atoms with Crippen LogP contribution in [0.1, 0.15) is 25.7 Å². The summed E-state index contributed by atoms with van der Waals surface area (Å²) in [6, 6.07) is 5.70. The number of rotatable bonds is 6. The van der Waals surface area contributed by atoms with Crippen molar-refractivity contribution in [1.82, 2.24) is 15.3 Å². The number of likely N-dealkylation sites (N-methyl/N-ethyl adjacent to an activating group) is 1. The molecule has 1 fully saturated rings. The molecule has 0 atom stereocenters. The topological polar surface area (TPSA) is 79.4 Å². The summed E-state index contributed by atoms with van der Waals surface area (Å²) >= 11 is 0. The van der Waals surface area contributed by atoms with Crippen LogP contribution >= 0.6 is 0 Å². The Morgan fingerprint density at radius 1 is 1.32 bits per heavy atom. The zero-order chi connectivity index (χ0) is 17.6. The van der Waals surface area contributed by atoms with E-state index in [0.717, 1.165) is 36.1 Å². The minimum atomic E-state index is -0.194. The molecule has 0 unspecified atom stereocenters. The fourth-order valence-corrected chi connectivity index (χ4v) is 3.04. The summed E-state index contributed by atoms with van der Waals surface area (Å²) in [4.78, 5) is 23.1. The van der Waals surface area contributed by atoms with Gasteiger partial charge in [-0.2, -0.15) is 0 Å². The van der Waals surface area contributed by atoms with Gasteiger partial charge >= 0.3 is 6.03 Å². The van der Waals surface area contributed by atoms with Gasteiger partial charge in [0.1, 0.15) is 5.82 Å². The molecule has 1 aliphatic carbocycles. The van der Waals surface area contributed by atoms with E-state index >= 15 is 0 Å². The maximum atomic E-state index is 12.1. The molecule has 2 heterocycles. The van der Waals surface area contributed by atoms with Gasteiger partial charge in [0.2, 0.25) is 0 Å². The number of urea groups is 1. The number of methoxy groups -OCH3 is 1. The summed E-state index contributed by atoms with van der Waals surface area (Å²) in [5, 5.41) is 5.82. The van der Waals surface area contributed by atoms with Crippen molar-refractivity contribution in [1.29, 1.82) is 0 Å². The quantitative estimate of drug-likeness (QED) is 0.843. The van der Waals surface area contributed by atoms with Gasteiger partial charge in [-0.05, 0) is 31.0 Å². The monoisotopic (exact) mass is 343 g/mol. The zero-order valence-electron chi connectivity index (χ0n) is 14.8. The van der Waals surface area contributed by atoms with E-state index in [-0.39, 0.29) is 12.1 Å². The molecule has 0 radical (unpaired) electrons. The van der Waals surface area contributed by atoms with Gasteiger partial charge < -0.3 is 15.0 Å². The highest BCUT2D eigenvalue weighted by Gasteiger charge is 2.17. The first kappa shape index (κ1) is 17.4. The SMILES string of the molecule is COCCN(C)c1cnc2ccc(NC(=O)NC3CCCC3)nc2c1. The molecule has 2 N–H and O–H groups in total. The predicted octanol–water partition coefficient (Wildman–Crippen LogP) is 2.78. The first-order chi connectivity index (χ1) is 12.2. The molecular formula is C18H25N5O2. The van der Waals surface area contributed by atoms with Crippen LogP contribution < -0.4 is 15.5 Å². The lowest BCUT2D eigenvalue weighted by atomic mass is 10.2. The Kier molecular flexibility index (Phi) is 5.65. The van der Waals surface area contributed by atoms with Crippen LogP contribution in [0.15, 0.2) is 24.4 Å². The Morgan fingerprint density at radius 3 is 2.88 bits per heavy atom. The van der Waals surface area contributed by atoms with E-state index in [1.807, 2.05) is 25.4 Å². The lowest BCUT2D eigenvalue weighted by Crippen LogP contribution is -2.36. The van der Waals surface area contributed by atoms with E-state index in [9.17, 15) is 4.79 Å². The molecule has 2 aromatic rings. The lowest BCUT2D eigenvalue weighted by molar-refractivity contribution is 0.206. The largest absolute Gasteiger partial charge is 0.383 e. The van der Waals surface area contributed by atoms with Gasteiger partial charge in [-0.3, -0.25) is 10.3 Å². The van der Waals surface area contributed by atoms with Crippen LogP contribution in [0.3, 0.4) is 0 Å². The fourth-order valence-electron chi connectivity index (χ4n) is 3.04. The van der Waals surface area contributed by atoms with E-state index in [1.165, 1.54) is 12.8 Å². The second kappa shape index (κ2) is 8.11. The molecule has 0 spiro atoms. The second-order valence-corrected chi connectivity index (χ2v) is 6.42. The van der Waals surface area contributed by atoms with Gasteiger partial charge in [-0.15, -0.1) is 0 Å². The van der Waals surface area contributed by atoms with Crippen molar-refractivity contribution in [3.8, 4) is 0 Å². The molecule has 0 saturated heterocycles. The van der Waals surface area contributed by atoms with Crippen LogP contribution in [0, 0.1) is 0 Å². The van der Waals surface area contributed by atoms with Gasteiger partial charge in [-0.25, -0.2) is 9.78 Å². The van der Waals surface area contributed by atoms with Crippen molar-refractivity contribution in [3.63, 3.8) is 0 Å². The molecule has 134 valence electrons. The number of pyridine rings is 2. The van der Waals surface area contributed by atoms with Gasteiger partial charge in [0.05, 0.1) is 29.5 Å². The van der Waals surface area contributed by atoms with E-state index in [1.54, 1.807) is 13.2 Å². The number of hydrogen-bond acceptors (Lipinski definition) is 5. The first-order valence-electron chi connectivity index (χ1n) is 8.70. The molecular weight excluding hydrogens is 318 g/mol. The molecule has 7 heteroatoms. The minimum Gasteiger partial charge on any atom is -0.383 e. The summed E-state index contributed by atoms with van der Waals surface area (Å²) in [5.41, 5.74) is 2.51. The number of carbonyl (C=O) groups is 1. The number of fused-ring (bicyclic) bond motifs is 1. The number of anilines is 2. The maximum Gasteiger partial charge on any atom is 0.320 e. The average molecular weight is 343 g/mol. The molecule has 0 aromatic carbocycles. The minimum absolute atomic E-state index is 0.194. The van der Waals surface area contributed by atoms with Crippen LogP contribution in [-0.2, 0) is 4.74 Å². The average Bonchev–Trinajstić information content (AvgIpc) is 3.11. The molecule has 25 heavy (non-hydrogen) atoms. The van der Waals surface area contributed by atoms with Crippen LogP contribution in [0.5, 0.6) is 0 Å². The van der Waals surface area contributed by atoms with Crippen molar-refractivity contribution in [2.45, 2.75) is 31.7 Å². The van der Waals surface area contributed by atoms with Gasteiger partial charge in [0.25, 0.3) is 0 Å². The third-order valence-electron chi connectivity index (χ3n) is 4.53. The standard InChI is InChI=1S/C18H25N5O2/c1-23(9-10-25-2)14-11-16-15(19-12-14)7-8-17(21-16)22-18(24)20-13-5-3-4-6-13/h7-8,11-13H,3-6,9-10H2,1-2H3,(H2,20,21,22,24). The summed E-state index contributed by atoms with van der Waals surface area (Å²) in [7, 11) is 3.67. The van der Waals surface area contributed by atoms with Crippen molar-refractivity contribution in [3.05, 3.63) is 24.4 Å². The van der Waals surface area contributed by atoms with Crippen molar-refractivity contribution < 1.29 is 9.53 Å². The number of hydrogen-bond donors (Lipinski definition) is 2. The maximum absolute atomic E-state index is 12.1. The van der Waals surface area contributed by atoms with Crippen molar-refractivity contribution >= 4 is 28.6 Å².